The maximum absolute atomic E-state index is 8.24. The third-order valence-electron chi connectivity index (χ3n) is 5.89. The first-order valence-electron chi connectivity index (χ1n) is 18.2. The van der Waals surface area contributed by atoms with Gasteiger partial charge in [0.2, 0.25) is 0 Å². The first kappa shape index (κ1) is 50.2. The Morgan fingerprint density at radius 3 is 1.09 bits per heavy atom. The molecule has 0 saturated heterocycles. The molecule has 0 amide bonds. The molecule has 2 aromatic carbocycles. The van der Waals surface area contributed by atoms with Crippen LogP contribution in [0, 0.1) is 41.4 Å². The van der Waals surface area contributed by atoms with Crippen molar-refractivity contribution in [2.45, 2.75) is 142 Å². The molecule has 0 radical (unpaired) electrons. The van der Waals surface area contributed by atoms with E-state index >= 15 is 0 Å². The van der Waals surface area contributed by atoms with Crippen LogP contribution in [-0.4, -0.2) is 25.4 Å². The molecule has 0 aliphatic heterocycles. The zero-order valence-electron chi connectivity index (χ0n) is 33.3. The first-order valence-corrected chi connectivity index (χ1v) is 18.2. The second-order valence-corrected chi connectivity index (χ2v) is 15.3. The molecule has 0 spiro atoms. The number of rotatable bonds is 12. The highest BCUT2D eigenvalue weighted by Gasteiger charge is 1.96. The highest BCUT2D eigenvalue weighted by atomic mass is 16.5. The molecule has 0 fully saturated rings. The largest absolute Gasteiger partial charge is 0.396 e. The Morgan fingerprint density at radius 1 is 0.489 bits per heavy atom. The Kier molecular flexibility index (Phi) is 41.1. The molecule has 266 valence electrons. The number of methoxy groups -OCH3 is 1. The van der Waals surface area contributed by atoms with Gasteiger partial charge >= 0.3 is 0 Å². The summed E-state index contributed by atoms with van der Waals surface area (Å²) in [4.78, 5) is 0. The Morgan fingerprint density at radius 2 is 0.867 bits per heavy atom. The third kappa shape index (κ3) is 58.4. The number of aliphatic hydroxyl groups excluding tert-OH is 1. The number of aryl methyl sites for hydroxylation is 1. The van der Waals surface area contributed by atoms with Crippen LogP contribution in [0.3, 0.4) is 0 Å². The second kappa shape index (κ2) is 36.8. The monoisotopic (exact) mass is 631 g/mol. The van der Waals surface area contributed by atoms with E-state index in [0.29, 0.717) is 12.5 Å². The molecule has 2 rings (SSSR count). The van der Waals surface area contributed by atoms with Crippen molar-refractivity contribution in [2.24, 2.45) is 41.4 Å². The minimum absolute atomic E-state index is 0.331. The van der Waals surface area contributed by atoms with E-state index in [1.165, 1.54) is 43.2 Å². The Hall–Kier alpha value is -1.64. The van der Waals surface area contributed by atoms with E-state index in [-0.39, 0.29) is 0 Å². The highest BCUT2D eigenvalue weighted by Crippen LogP contribution is 2.09. The molecule has 0 aliphatic carbocycles. The van der Waals surface area contributed by atoms with Crippen molar-refractivity contribution in [3.63, 3.8) is 0 Å². The third-order valence-corrected chi connectivity index (χ3v) is 5.89. The summed E-state index contributed by atoms with van der Waals surface area (Å²) in [5.74, 6) is 5.59. The van der Waals surface area contributed by atoms with Gasteiger partial charge in [0.1, 0.15) is 0 Å². The molecule has 0 heterocycles. The van der Waals surface area contributed by atoms with Gasteiger partial charge in [0, 0.05) is 20.3 Å². The van der Waals surface area contributed by atoms with Gasteiger partial charge in [0.15, 0.2) is 0 Å². The molecule has 0 aromatic heterocycles. The zero-order valence-corrected chi connectivity index (χ0v) is 33.3. The molecular weight excluding hydrogens is 548 g/mol. The second-order valence-electron chi connectivity index (χ2n) is 15.3. The van der Waals surface area contributed by atoms with E-state index in [0.717, 1.165) is 48.5 Å². The fraction of sp³-hybridized carbons (Fsp3) is 0.721. The molecule has 2 nitrogen and oxygen atoms in total. The molecule has 0 atom stereocenters. The number of ether oxygens (including phenoxy) is 1. The van der Waals surface area contributed by atoms with Crippen molar-refractivity contribution in [3.8, 4) is 0 Å². The molecule has 2 aromatic rings. The van der Waals surface area contributed by atoms with E-state index in [1.807, 2.05) is 0 Å². The van der Waals surface area contributed by atoms with Gasteiger partial charge in [-0.05, 0) is 91.1 Å². The number of benzene rings is 2. The normalized spacial score (nSPS) is 10.3. The molecule has 1 N–H and O–H groups in total. The van der Waals surface area contributed by atoms with Crippen molar-refractivity contribution < 1.29 is 9.84 Å². The predicted octanol–water partition coefficient (Wildman–Crippen LogP) is 13.2. The maximum Gasteiger partial charge on any atom is 0.0464 e. The van der Waals surface area contributed by atoms with Gasteiger partial charge < -0.3 is 9.84 Å². The molecule has 45 heavy (non-hydrogen) atoms. The van der Waals surface area contributed by atoms with Crippen LogP contribution in [0.5, 0.6) is 0 Å². The summed E-state index contributed by atoms with van der Waals surface area (Å²) >= 11 is 0. The van der Waals surface area contributed by atoms with Crippen molar-refractivity contribution in [1.29, 1.82) is 0 Å². The first-order chi connectivity index (χ1) is 21.0. The topological polar surface area (TPSA) is 29.5 Å². The van der Waals surface area contributed by atoms with Gasteiger partial charge in [-0.15, -0.1) is 0 Å². The lowest BCUT2D eigenvalue weighted by molar-refractivity contribution is 0.183. The minimum Gasteiger partial charge on any atom is -0.396 e. The summed E-state index contributed by atoms with van der Waals surface area (Å²) < 4.78 is 4.85. The van der Waals surface area contributed by atoms with Gasteiger partial charge in [-0.3, -0.25) is 0 Å². The summed E-state index contributed by atoms with van der Waals surface area (Å²) in [5.41, 5.74) is 2.90. The highest BCUT2D eigenvalue weighted by molar-refractivity contribution is 5.15. The van der Waals surface area contributed by atoms with Crippen LogP contribution in [0.25, 0.3) is 0 Å². The van der Waals surface area contributed by atoms with E-state index in [1.54, 1.807) is 7.11 Å². The summed E-state index contributed by atoms with van der Waals surface area (Å²) in [6.45, 7) is 34.4. The Labute approximate surface area is 285 Å². The quantitative estimate of drug-likeness (QED) is 0.253. The standard InChI is InChI=1S/C11H16.C10H14.C7H16.C6H14O.C5H12O.C4H10/c1-10(2)8-9-11-6-4-3-5-7-11;1-9(2)8-10-6-4-3-5-7-10;1-6(2)5-7(3)4;1-6(2)4-5-7-3;1-5(2)3-4-6;1-4(2)3/h3-7,10H,8-9H2,1-2H3;3-7,9H,8H2,1-2H3;6-7H,5H2,1-4H3;6H,4-5H2,1-3H3;5-6H,3-4H2,1-2H3;4H,1-3H3. The summed E-state index contributed by atoms with van der Waals surface area (Å²) in [7, 11) is 1.74. The summed E-state index contributed by atoms with van der Waals surface area (Å²) in [6.07, 6.45) is 7.18. The van der Waals surface area contributed by atoms with E-state index in [4.69, 9.17) is 9.84 Å². The van der Waals surface area contributed by atoms with E-state index in [9.17, 15) is 0 Å². The van der Waals surface area contributed by atoms with Crippen LogP contribution in [0.2, 0.25) is 0 Å². The van der Waals surface area contributed by atoms with Crippen molar-refractivity contribution in [2.75, 3.05) is 20.3 Å². The van der Waals surface area contributed by atoms with Crippen molar-refractivity contribution in [3.05, 3.63) is 71.8 Å². The lowest BCUT2D eigenvalue weighted by Gasteiger charge is -2.05. The minimum atomic E-state index is 0.331. The van der Waals surface area contributed by atoms with Crippen LogP contribution in [-0.2, 0) is 17.6 Å². The summed E-state index contributed by atoms with van der Waals surface area (Å²) in [5, 5.41) is 8.24. The fourth-order valence-corrected chi connectivity index (χ4v) is 3.74. The molecule has 2 heteroatoms. The zero-order chi connectivity index (χ0) is 35.6. The predicted molar refractivity (Wildman–Crippen MR) is 207 cm³/mol. The molecule has 0 aliphatic rings. The molecule has 0 unspecified atom stereocenters. The number of hydrogen-bond acceptors (Lipinski definition) is 2. The van der Waals surface area contributed by atoms with Crippen LogP contribution >= 0.6 is 0 Å². The van der Waals surface area contributed by atoms with Crippen LogP contribution in [0.4, 0.5) is 0 Å². The van der Waals surface area contributed by atoms with Gasteiger partial charge in [0.05, 0.1) is 0 Å². The molecular formula is C43H82O2. The van der Waals surface area contributed by atoms with Crippen molar-refractivity contribution >= 4 is 0 Å². The fourth-order valence-electron chi connectivity index (χ4n) is 3.74. The number of aliphatic hydroxyl groups is 1. The maximum atomic E-state index is 8.24. The Balaban J connectivity index is -0.000000231. The SMILES string of the molecule is CC(C)C.CC(C)CC(C)C.CC(C)CCO.CC(C)CCc1ccccc1.CC(C)Cc1ccccc1.COCCC(C)C. The molecule has 0 bridgehead atoms. The van der Waals surface area contributed by atoms with Gasteiger partial charge in [-0.2, -0.15) is 0 Å². The summed E-state index contributed by atoms with van der Waals surface area (Å²) in [6, 6.07) is 21.3. The smallest absolute Gasteiger partial charge is 0.0464 e. The van der Waals surface area contributed by atoms with Crippen LogP contribution in [0.1, 0.15) is 141 Å². The molecule has 0 saturated carbocycles. The van der Waals surface area contributed by atoms with E-state index < -0.39 is 0 Å². The lowest BCUT2D eigenvalue weighted by atomic mass is 10.0. The average molecular weight is 631 g/mol. The Bertz CT molecular complexity index is 752. The van der Waals surface area contributed by atoms with Gasteiger partial charge in [0.25, 0.3) is 0 Å². The van der Waals surface area contributed by atoms with E-state index in [2.05, 4.69) is 165 Å². The average Bonchev–Trinajstić information content (AvgIpc) is 2.92. The van der Waals surface area contributed by atoms with Gasteiger partial charge in [-0.25, -0.2) is 0 Å². The van der Waals surface area contributed by atoms with Gasteiger partial charge in [-0.1, -0.05) is 165 Å². The number of hydrogen-bond donors (Lipinski definition) is 1. The van der Waals surface area contributed by atoms with Crippen LogP contribution < -0.4 is 0 Å². The lowest BCUT2D eigenvalue weighted by Crippen LogP contribution is -1.93. The van der Waals surface area contributed by atoms with Crippen molar-refractivity contribution in [1.82, 2.24) is 0 Å². The van der Waals surface area contributed by atoms with Crippen LogP contribution in [0.15, 0.2) is 60.7 Å².